The van der Waals surface area contributed by atoms with Gasteiger partial charge in [-0.05, 0) is 113 Å². The molecule has 0 bridgehead atoms. The van der Waals surface area contributed by atoms with Gasteiger partial charge in [0.2, 0.25) is 0 Å². The van der Waals surface area contributed by atoms with Gasteiger partial charge in [-0.15, -0.1) is 11.3 Å². The number of thiophene rings is 1. The summed E-state index contributed by atoms with van der Waals surface area (Å²) in [5.74, 6) is 0.581. The zero-order valence-corrected chi connectivity index (χ0v) is 26.6. The van der Waals surface area contributed by atoms with Gasteiger partial charge in [-0.25, -0.2) is 4.99 Å². The zero-order valence-electron chi connectivity index (χ0n) is 20.7. The van der Waals surface area contributed by atoms with Crippen molar-refractivity contribution in [1.29, 1.82) is 0 Å². The fraction of sp³-hybridized carbons (Fsp3) is 0.179. The molecule has 5 rings (SSSR count). The fourth-order valence-corrected chi connectivity index (χ4v) is 8.15. The van der Waals surface area contributed by atoms with E-state index in [2.05, 4.69) is 50.5 Å². The second-order valence-electron chi connectivity index (χ2n) is 8.90. The molecule has 0 spiro atoms. The number of amides is 1. The number of hydrogen-bond acceptors (Lipinski definition) is 6. The van der Waals surface area contributed by atoms with Gasteiger partial charge in [0, 0.05) is 10.6 Å². The molecule has 1 atom stereocenters. The first-order valence-electron chi connectivity index (χ1n) is 11.8. The van der Waals surface area contributed by atoms with Crippen LogP contribution < -0.4 is 24.9 Å². The Morgan fingerprint density at radius 1 is 1.13 bits per heavy atom. The van der Waals surface area contributed by atoms with Crippen LogP contribution in [0, 0.1) is 7.14 Å². The molecule has 0 saturated heterocycles. The van der Waals surface area contributed by atoms with E-state index in [0.29, 0.717) is 26.3 Å². The molecule has 6 nitrogen and oxygen atoms in total. The third-order valence-electron chi connectivity index (χ3n) is 5.78. The lowest BCUT2D eigenvalue weighted by Crippen LogP contribution is -2.40. The Balaban J connectivity index is 1.61. The first kappa shape index (κ1) is 27.3. The van der Waals surface area contributed by atoms with E-state index in [1.807, 2.05) is 86.8 Å². The molecule has 10 heteroatoms. The maximum Gasteiger partial charge on any atom is 0.271 e. The van der Waals surface area contributed by atoms with Crippen molar-refractivity contribution in [2.75, 3.05) is 5.32 Å². The molecule has 194 valence electrons. The number of halogens is 2. The summed E-state index contributed by atoms with van der Waals surface area (Å²) in [6.45, 7) is 5.83. The van der Waals surface area contributed by atoms with Crippen LogP contribution in [0.2, 0.25) is 0 Å². The molecule has 4 aromatic rings. The molecule has 0 aliphatic carbocycles. The Hall–Kier alpha value is -2.29. The van der Waals surface area contributed by atoms with Crippen LogP contribution in [0.15, 0.2) is 81.0 Å². The van der Waals surface area contributed by atoms with Crippen LogP contribution in [0.3, 0.4) is 0 Å². The smallest absolute Gasteiger partial charge is 0.271 e. The number of nitrogens with zero attached hydrogens (tertiary/aromatic N) is 2. The Morgan fingerprint density at radius 2 is 1.84 bits per heavy atom. The summed E-state index contributed by atoms with van der Waals surface area (Å²) in [6.07, 6.45) is 1.96. The lowest BCUT2D eigenvalue weighted by atomic mass is 10.0. The largest absolute Gasteiger partial charge is 0.489 e. The van der Waals surface area contributed by atoms with Gasteiger partial charge in [-0.2, -0.15) is 0 Å². The summed E-state index contributed by atoms with van der Waals surface area (Å²) in [7, 11) is 0. The van der Waals surface area contributed by atoms with E-state index in [4.69, 9.17) is 9.73 Å². The number of carbonyl (C=O) groups excluding carboxylic acids is 1. The molecule has 3 heterocycles. The third-order valence-corrected chi connectivity index (χ3v) is 9.29. The topological polar surface area (TPSA) is 72.7 Å². The van der Waals surface area contributed by atoms with Crippen LogP contribution in [0.4, 0.5) is 5.69 Å². The molecule has 0 fully saturated rings. The van der Waals surface area contributed by atoms with Crippen molar-refractivity contribution in [3.63, 3.8) is 0 Å². The second kappa shape index (κ2) is 11.4. The highest BCUT2D eigenvalue weighted by Gasteiger charge is 2.33. The van der Waals surface area contributed by atoms with E-state index in [9.17, 15) is 9.59 Å². The van der Waals surface area contributed by atoms with E-state index in [1.54, 1.807) is 4.57 Å². The first-order valence-corrected chi connectivity index (χ1v) is 15.7. The Labute approximate surface area is 255 Å². The summed E-state index contributed by atoms with van der Waals surface area (Å²) >= 11 is 7.39. The monoisotopic (exact) mass is 767 g/mol. The van der Waals surface area contributed by atoms with Gasteiger partial charge in [0.1, 0.15) is 11.8 Å². The van der Waals surface area contributed by atoms with Crippen molar-refractivity contribution >= 4 is 85.5 Å². The molecule has 0 radical (unpaired) electrons. The predicted octanol–water partition coefficient (Wildman–Crippen LogP) is 5.93. The standard InChI is InChI=1S/C28H23I2N3O3S2/c1-15(2)36-25-19(29)12-17(13-20(25)30)14-22-27(35)33-24(21-10-7-11-37-21)23(16(3)31-28(33)38-22)26(34)32-18-8-5-4-6-9-18/h4-15,24H,1-3H3,(H,32,34)/b22-14-/t24-/m0/s1. The Morgan fingerprint density at radius 3 is 2.47 bits per heavy atom. The van der Waals surface area contributed by atoms with Crippen LogP contribution in [-0.4, -0.2) is 16.6 Å². The fourth-order valence-electron chi connectivity index (χ4n) is 4.21. The highest BCUT2D eigenvalue weighted by atomic mass is 127. The van der Waals surface area contributed by atoms with Gasteiger partial charge in [-0.1, -0.05) is 35.6 Å². The third kappa shape index (κ3) is 5.54. The van der Waals surface area contributed by atoms with Crippen molar-refractivity contribution in [3.8, 4) is 5.75 Å². The van der Waals surface area contributed by atoms with Crippen molar-refractivity contribution in [3.05, 3.63) is 109 Å². The van der Waals surface area contributed by atoms with Crippen LogP contribution in [0.25, 0.3) is 6.08 Å². The molecular weight excluding hydrogens is 744 g/mol. The van der Waals surface area contributed by atoms with Crippen molar-refractivity contribution in [1.82, 2.24) is 4.57 Å². The second-order valence-corrected chi connectivity index (χ2v) is 13.2. The molecule has 2 aromatic heterocycles. The predicted molar refractivity (Wildman–Crippen MR) is 171 cm³/mol. The number of rotatable bonds is 6. The van der Waals surface area contributed by atoms with E-state index in [1.165, 1.54) is 22.7 Å². The quantitative estimate of drug-likeness (QED) is 0.248. The van der Waals surface area contributed by atoms with Crippen molar-refractivity contribution in [2.45, 2.75) is 32.9 Å². The molecule has 1 aliphatic rings. The summed E-state index contributed by atoms with van der Waals surface area (Å²) < 4.78 is 10.1. The minimum Gasteiger partial charge on any atom is -0.489 e. The van der Waals surface area contributed by atoms with Crippen molar-refractivity contribution in [2.24, 2.45) is 4.99 Å². The number of thiazole rings is 1. The van der Waals surface area contributed by atoms with Crippen LogP contribution in [0.1, 0.15) is 37.3 Å². The lowest BCUT2D eigenvalue weighted by Gasteiger charge is -2.24. The number of anilines is 1. The van der Waals surface area contributed by atoms with Gasteiger partial charge < -0.3 is 10.1 Å². The molecule has 38 heavy (non-hydrogen) atoms. The average molecular weight is 767 g/mol. The molecule has 1 N–H and O–H groups in total. The number of para-hydroxylation sites is 1. The number of fused-ring (bicyclic) bond motifs is 1. The Bertz CT molecular complexity index is 1700. The maximum atomic E-state index is 13.8. The highest BCUT2D eigenvalue weighted by Crippen LogP contribution is 2.33. The summed E-state index contributed by atoms with van der Waals surface area (Å²) in [5.41, 5.74) is 2.50. The maximum absolute atomic E-state index is 13.8. The van der Waals surface area contributed by atoms with E-state index >= 15 is 0 Å². The molecule has 1 amide bonds. The SMILES string of the molecule is CC1=C(C(=O)Nc2ccccc2)[C@H](c2cccs2)n2c(s/c(=C\c3cc(I)c(OC(C)C)c(I)c3)c2=O)=N1. The van der Waals surface area contributed by atoms with E-state index in [0.717, 1.165) is 23.3 Å². The van der Waals surface area contributed by atoms with Crippen molar-refractivity contribution < 1.29 is 9.53 Å². The number of hydrogen-bond donors (Lipinski definition) is 1. The zero-order chi connectivity index (χ0) is 27.0. The average Bonchev–Trinajstić information content (AvgIpc) is 3.50. The van der Waals surface area contributed by atoms with Crippen LogP contribution in [-0.2, 0) is 4.79 Å². The van der Waals surface area contributed by atoms with Gasteiger partial charge >= 0.3 is 0 Å². The molecule has 0 unspecified atom stereocenters. The Kier molecular flexibility index (Phi) is 8.22. The summed E-state index contributed by atoms with van der Waals surface area (Å²) in [5, 5.41) is 4.93. The molecule has 1 aliphatic heterocycles. The number of aromatic nitrogens is 1. The minimum atomic E-state index is -0.556. The molecule has 2 aromatic carbocycles. The van der Waals surface area contributed by atoms with Crippen LogP contribution in [0.5, 0.6) is 5.75 Å². The lowest BCUT2D eigenvalue weighted by molar-refractivity contribution is -0.113. The minimum absolute atomic E-state index is 0.0698. The van der Waals surface area contributed by atoms with Gasteiger partial charge in [0.15, 0.2) is 4.80 Å². The van der Waals surface area contributed by atoms with Gasteiger partial charge in [-0.3, -0.25) is 14.2 Å². The summed E-state index contributed by atoms with van der Waals surface area (Å²) in [6, 6.07) is 16.7. The number of nitrogens with one attached hydrogen (secondary N) is 1. The number of allylic oxidation sites excluding steroid dienone is 1. The summed E-state index contributed by atoms with van der Waals surface area (Å²) in [4.78, 5) is 33.6. The number of carbonyl (C=O) groups is 1. The van der Waals surface area contributed by atoms with E-state index in [-0.39, 0.29) is 17.6 Å². The molecular formula is C28H23I2N3O3S2. The number of benzene rings is 2. The molecule has 0 saturated carbocycles. The van der Waals surface area contributed by atoms with E-state index < -0.39 is 6.04 Å². The highest BCUT2D eigenvalue weighted by molar-refractivity contribution is 14.1. The number of ether oxygens (including phenoxy) is 1. The van der Waals surface area contributed by atoms with Gasteiger partial charge in [0.25, 0.3) is 11.5 Å². The van der Waals surface area contributed by atoms with Crippen LogP contribution >= 0.6 is 67.9 Å². The first-order chi connectivity index (χ1) is 18.2. The van der Waals surface area contributed by atoms with Gasteiger partial charge in [0.05, 0.1) is 29.0 Å². The normalized spacial score (nSPS) is 15.4.